The largest absolute Gasteiger partial charge is 0.421 e. The Morgan fingerprint density at radius 1 is 1.05 bits per heavy atom. The van der Waals surface area contributed by atoms with Crippen molar-refractivity contribution in [3.63, 3.8) is 0 Å². The molecule has 1 N–H and O–H groups in total. The third-order valence-electron chi connectivity index (χ3n) is 3.41. The van der Waals surface area contributed by atoms with Crippen LogP contribution in [0.15, 0.2) is 28.7 Å². The fourth-order valence-corrected chi connectivity index (χ4v) is 2.11. The van der Waals surface area contributed by atoms with Crippen LogP contribution in [-0.4, -0.2) is 22.8 Å². The van der Waals surface area contributed by atoms with Crippen molar-refractivity contribution in [2.75, 3.05) is 6.54 Å². The second-order valence-corrected chi connectivity index (χ2v) is 5.99. The van der Waals surface area contributed by atoms with E-state index < -0.39 is 0 Å². The van der Waals surface area contributed by atoms with Gasteiger partial charge >= 0.3 is 0 Å². The van der Waals surface area contributed by atoms with Crippen molar-refractivity contribution in [3.05, 3.63) is 35.7 Å². The van der Waals surface area contributed by atoms with Gasteiger partial charge in [-0.05, 0) is 36.6 Å². The zero-order valence-electron chi connectivity index (χ0n) is 13.4. The van der Waals surface area contributed by atoms with Gasteiger partial charge in [-0.2, -0.15) is 0 Å². The topological polar surface area (TPSA) is 51.0 Å². The van der Waals surface area contributed by atoms with Crippen molar-refractivity contribution < 1.29 is 4.42 Å². The number of rotatable bonds is 7. The Balaban J connectivity index is 1.93. The minimum absolute atomic E-state index is 0.516. The lowest BCUT2D eigenvalue weighted by atomic mass is 10.0. The van der Waals surface area contributed by atoms with E-state index in [-0.39, 0.29) is 0 Å². The van der Waals surface area contributed by atoms with Crippen LogP contribution in [0.1, 0.15) is 51.5 Å². The second-order valence-electron chi connectivity index (χ2n) is 5.99. The number of hydrogen-bond donors (Lipinski definition) is 1. The maximum Gasteiger partial charge on any atom is 0.247 e. The molecule has 0 saturated heterocycles. The minimum atomic E-state index is 0.516. The molecule has 0 spiro atoms. The second kappa shape index (κ2) is 7.36. The number of aromatic nitrogens is 2. The van der Waals surface area contributed by atoms with Gasteiger partial charge in [-0.1, -0.05) is 39.8 Å². The van der Waals surface area contributed by atoms with Crippen LogP contribution in [0.3, 0.4) is 0 Å². The molecule has 4 nitrogen and oxygen atoms in total. The molecule has 21 heavy (non-hydrogen) atoms. The molecule has 1 aromatic heterocycles. The van der Waals surface area contributed by atoms with Crippen molar-refractivity contribution in [3.8, 4) is 11.5 Å². The molecule has 0 unspecified atom stereocenters. The van der Waals surface area contributed by atoms with Crippen molar-refractivity contribution in [2.24, 2.45) is 0 Å². The van der Waals surface area contributed by atoms with Crippen LogP contribution < -0.4 is 5.32 Å². The number of benzene rings is 1. The Bertz CT molecular complexity index is 543. The smallest absolute Gasteiger partial charge is 0.247 e. The summed E-state index contributed by atoms with van der Waals surface area (Å²) in [7, 11) is 0. The molecule has 2 rings (SSSR count). The highest BCUT2D eigenvalue weighted by atomic mass is 16.4. The van der Waals surface area contributed by atoms with E-state index >= 15 is 0 Å². The lowest BCUT2D eigenvalue weighted by molar-refractivity contribution is 0.484. The molecule has 1 aromatic carbocycles. The standard InChI is InChI=1S/C17H25N3O/c1-12(2)14-7-9-15(10-8-14)17-20-19-16(21-17)6-5-11-18-13(3)4/h7-10,12-13,18H,5-6,11H2,1-4H3. The fraction of sp³-hybridized carbons (Fsp3) is 0.529. The van der Waals surface area contributed by atoms with Crippen molar-refractivity contribution in [1.82, 2.24) is 15.5 Å². The molecule has 4 heteroatoms. The van der Waals surface area contributed by atoms with Gasteiger partial charge < -0.3 is 9.73 Å². The molecule has 0 radical (unpaired) electrons. The van der Waals surface area contributed by atoms with Crippen molar-refractivity contribution >= 4 is 0 Å². The van der Waals surface area contributed by atoms with E-state index in [0.29, 0.717) is 23.7 Å². The summed E-state index contributed by atoms with van der Waals surface area (Å²) >= 11 is 0. The number of hydrogen-bond acceptors (Lipinski definition) is 4. The molecule has 114 valence electrons. The Morgan fingerprint density at radius 3 is 2.38 bits per heavy atom. The van der Waals surface area contributed by atoms with E-state index in [1.807, 2.05) is 12.1 Å². The van der Waals surface area contributed by atoms with Crippen LogP contribution >= 0.6 is 0 Å². The van der Waals surface area contributed by atoms with Gasteiger partial charge in [0.15, 0.2) is 0 Å². The number of nitrogens with zero attached hydrogens (tertiary/aromatic N) is 2. The first-order chi connectivity index (χ1) is 10.1. The monoisotopic (exact) mass is 287 g/mol. The number of aryl methyl sites for hydroxylation is 1. The summed E-state index contributed by atoms with van der Waals surface area (Å²) in [6.07, 6.45) is 1.82. The summed E-state index contributed by atoms with van der Waals surface area (Å²) in [5, 5.41) is 11.6. The average Bonchev–Trinajstić information content (AvgIpc) is 2.92. The summed E-state index contributed by atoms with van der Waals surface area (Å²) in [6, 6.07) is 8.86. The molecule has 0 atom stereocenters. The first-order valence-corrected chi connectivity index (χ1v) is 7.72. The summed E-state index contributed by atoms with van der Waals surface area (Å²) < 4.78 is 5.73. The van der Waals surface area contributed by atoms with Gasteiger partial charge in [0.2, 0.25) is 11.8 Å². The Labute approximate surface area is 127 Å². The van der Waals surface area contributed by atoms with Gasteiger partial charge in [-0.15, -0.1) is 10.2 Å². The summed E-state index contributed by atoms with van der Waals surface area (Å²) in [5.41, 5.74) is 2.30. The third-order valence-corrected chi connectivity index (χ3v) is 3.41. The summed E-state index contributed by atoms with van der Waals surface area (Å²) in [5.74, 6) is 1.85. The predicted octanol–water partition coefficient (Wildman–Crippen LogP) is 3.79. The molecule has 0 saturated carbocycles. The molecule has 0 amide bonds. The van der Waals surface area contributed by atoms with E-state index in [9.17, 15) is 0 Å². The van der Waals surface area contributed by atoms with Crippen LogP contribution in [0, 0.1) is 0 Å². The first-order valence-electron chi connectivity index (χ1n) is 7.72. The predicted molar refractivity (Wildman–Crippen MR) is 85.3 cm³/mol. The van der Waals surface area contributed by atoms with Crippen LogP contribution in [0.5, 0.6) is 0 Å². The van der Waals surface area contributed by atoms with E-state index in [2.05, 4.69) is 55.3 Å². The van der Waals surface area contributed by atoms with E-state index in [1.54, 1.807) is 0 Å². The Kier molecular flexibility index (Phi) is 5.51. The van der Waals surface area contributed by atoms with Gasteiger partial charge in [0, 0.05) is 18.0 Å². The van der Waals surface area contributed by atoms with Crippen LogP contribution in [0.4, 0.5) is 0 Å². The quantitative estimate of drug-likeness (QED) is 0.787. The van der Waals surface area contributed by atoms with E-state index in [1.165, 1.54) is 5.56 Å². The van der Waals surface area contributed by atoms with Crippen LogP contribution in [-0.2, 0) is 6.42 Å². The Hall–Kier alpha value is -1.68. The van der Waals surface area contributed by atoms with Gasteiger partial charge in [-0.25, -0.2) is 0 Å². The van der Waals surface area contributed by atoms with E-state index in [4.69, 9.17) is 4.42 Å². The van der Waals surface area contributed by atoms with Crippen molar-refractivity contribution in [2.45, 2.75) is 52.5 Å². The van der Waals surface area contributed by atoms with Crippen LogP contribution in [0.2, 0.25) is 0 Å². The zero-order chi connectivity index (χ0) is 15.2. The molecule has 2 aromatic rings. The van der Waals surface area contributed by atoms with E-state index in [0.717, 1.165) is 24.9 Å². The van der Waals surface area contributed by atoms with Gasteiger partial charge in [0.25, 0.3) is 0 Å². The summed E-state index contributed by atoms with van der Waals surface area (Å²) in [6.45, 7) is 9.63. The fourth-order valence-electron chi connectivity index (χ4n) is 2.11. The molecule has 0 aliphatic rings. The highest BCUT2D eigenvalue weighted by Crippen LogP contribution is 2.21. The molecule has 1 heterocycles. The maximum atomic E-state index is 5.73. The molecular formula is C17H25N3O. The lowest BCUT2D eigenvalue weighted by Gasteiger charge is -2.05. The molecule has 0 bridgehead atoms. The molecule has 0 aliphatic carbocycles. The summed E-state index contributed by atoms with van der Waals surface area (Å²) in [4.78, 5) is 0. The Morgan fingerprint density at radius 2 is 1.76 bits per heavy atom. The third kappa shape index (κ3) is 4.67. The number of nitrogens with one attached hydrogen (secondary N) is 1. The van der Waals surface area contributed by atoms with Crippen LogP contribution in [0.25, 0.3) is 11.5 Å². The minimum Gasteiger partial charge on any atom is -0.421 e. The lowest BCUT2D eigenvalue weighted by Crippen LogP contribution is -2.23. The van der Waals surface area contributed by atoms with Crippen molar-refractivity contribution in [1.29, 1.82) is 0 Å². The SMILES string of the molecule is CC(C)NCCCc1nnc(-c2ccc(C(C)C)cc2)o1. The zero-order valence-corrected chi connectivity index (χ0v) is 13.4. The van der Waals surface area contributed by atoms with Gasteiger partial charge in [0.1, 0.15) is 0 Å². The van der Waals surface area contributed by atoms with Gasteiger partial charge in [0.05, 0.1) is 0 Å². The molecule has 0 aliphatic heterocycles. The normalized spacial score (nSPS) is 11.5. The molecular weight excluding hydrogens is 262 g/mol. The molecule has 0 fully saturated rings. The first kappa shape index (κ1) is 15.7. The highest BCUT2D eigenvalue weighted by molar-refractivity contribution is 5.53. The average molecular weight is 287 g/mol. The van der Waals surface area contributed by atoms with Gasteiger partial charge in [-0.3, -0.25) is 0 Å². The maximum absolute atomic E-state index is 5.73. The highest BCUT2D eigenvalue weighted by Gasteiger charge is 2.09.